The summed E-state index contributed by atoms with van der Waals surface area (Å²) in [5.41, 5.74) is 6.92. The summed E-state index contributed by atoms with van der Waals surface area (Å²) >= 11 is 5.77. The molecule has 1 aromatic rings. The summed E-state index contributed by atoms with van der Waals surface area (Å²) < 4.78 is 0. The van der Waals surface area contributed by atoms with E-state index in [0.29, 0.717) is 5.70 Å². The lowest BCUT2D eigenvalue weighted by molar-refractivity contribution is 1.09. The van der Waals surface area contributed by atoms with Crippen molar-refractivity contribution in [1.29, 1.82) is 0 Å². The molecule has 0 aliphatic carbocycles. The van der Waals surface area contributed by atoms with Crippen molar-refractivity contribution in [1.82, 2.24) is 0 Å². The lowest BCUT2D eigenvalue weighted by Gasteiger charge is -1.93. The largest absolute Gasteiger partial charge is 0.399 e. The first-order chi connectivity index (χ1) is 8.10. The Labute approximate surface area is 111 Å². The Kier molecular flexibility index (Phi) is 13.7. The Balaban J connectivity index is 0. The molecule has 0 saturated heterocycles. The summed E-state index contributed by atoms with van der Waals surface area (Å²) in [5.74, 6) is 0. The molecule has 0 bridgehead atoms. The first-order valence-corrected chi connectivity index (χ1v) is 6.36. The van der Waals surface area contributed by atoms with Crippen LogP contribution < -0.4 is 5.73 Å². The summed E-state index contributed by atoms with van der Waals surface area (Å²) in [6.07, 6.45) is 4.86. The highest BCUT2D eigenvalue weighted by molar-refractivity contribution is 6.30. The fraction of sp³-hybridized carbons (Fsp3) is 0.333. The van der Waals surface area contributed by atoms with Crippen LogP contribution in [0.3, 0.4) is 0 Å². The minimum Gasteiger partial charge on any atom is -0.399 e. The molecule has 0 amide bonds. The molecule has 0 radical (unpaired) electrons. The van der Waals surface area contributed by atoms with E-state index < -0.39 is 0 Å². The van der Waals surface area contributed by atoms with Crippen molar-refractivity contribution < 1.29 is 0 Å². The van der Waals surface area contributed by atoms with Crippen LogP contribution in [-0.2, 0) is 0 Å². The molecule has 2 N–H and O–H groups in total. The quantitative estimate of drug-likeness (QED) is 0.714. The smallest absolute Gasteiger partial charge is 0.0411 e. The third-order valence-electron chi connectivity index (χ3n) is 1.34. The van der Waals surface area contributed by atoms with Gasteiger partial charge in [0, 0.05) is 10.7 Å². The van der Waals surface area contributed by atoms with Crippen molar-refractivity contribution in [2.75, 3.05) is 0 Å². The zero-order valence-corrected chi connectivity index (χ0v) is 12.1. The average Bonchev–Trinajstić information content (AvgIpc) is 2.30. The van der Waals surface area contributed by atoms with Gasteiger partial charge in [0.05, 0.1) is 0 Å². The van der Waals surface area contributed by atoms with Gasteiger partial charge in [-0.05, 0) is 23.8 Å². The van der Waals surface area contributed by atoms with Crippen LogP contribution in [0.5, 0.6) is 0 Å². The Morgan fingerprint density at radius 3 is 2.29 bits per heavy atom. The molecule has 0 unspecified atom stereocenters. The summed E-state index contributed by atoms with van der Waals surface area (Å²) in [4.78, 5) is 0. The van der Waals surface area contributed by atoms with Crippen LogP contribution in [0.15, 0.2) is 42.6 Å². The van der Waals surface area contributed by atoms with E-state index in [-0.39, 0.29) is 0 Å². The van der Waals surface area contributed by atoms with E-state index in [0.717, 1.165) is 10.6 Å². The highest BCUT2D eigenvalue weighted by atomic mass is 35.5. The number of benzene rings is 1. The van der Waals surface area contributed by atoms with E-state index in [1.54, 1.807) is 6.08 Å². The summed E-state index contributed by atoms with van der Waals surface area (Å²) in [6, 6.07) is 7.53. The summed E-state index contributed by atoms with van der Waals surface area (Å²) in [6.45, 7) is 11.8. The van der Waals surface area contributed by atoms with E-state index in [1.807, 2.05) is 44.2 Å². The Hall–Kier alpha value is -1.21. The molecule has 0 aliphatic rings. The number of hydrogen-bond acceptors (Lipinski definition) is 1. The predicted octanol–water partition coefficient (Wildman–Crippen LogP) is 5.27. The number of halogens is 1. The molecule has 0 saturated carbocycles. The first kappa shape index (κ1) is 18.2. The van der Waals surface area contributed by atoms with Crippen LogP contribution in [0.25, 0.3) is 6.08 Å². The van der Waals surface area contributed by atoms with E-state index >= 15 is 0 Å². The highest BCUT2D eigenvalue weighted by Crippen LogP contribution is 2.11. The van der Waals surface area contributed by atoms with Crippen LogP contribution in [0.4, 0.5) is 0 Å². The van der Waals surface area contributed by atoms with Gasteiger partial charge >= 0.3 is 0 Å². The second kappa shape index (κ2) is 12.9. The van der Waals surface area contributed by atoms with Gasteiger partial charge in [-0.1, -0.05) is 70.5 Å². The van der Waals surface area contributed by atoms with Gasteiger partial charge in [-0.15, -0.1) is 0 Å². The van der Waals surface area contributed by atoms with Crippen molar-refractivity contribution in [3.8, 4) is 0 Å². The van der Waals surface area contributed by atoms with Gasteiger partial charge in [-0.25, -0.2) is 0 Å². The van der Waals surface area contributed by atoms with E-state index in [1.165, 1.54) is 6.42 Å². The Morgan fingerprint density at radius 1 is 1.35 bits per heavy atom. The minimum atomic E-state index is 0.537. The SMILES string of the molecule is C=C(N)/C=C/c1cccc(Cl)c1.CC.CCC. The minimum absolute atomic E-state index is 0.537. The van der Waals surface area contributed by atoms with Crippen LogP contribution in [0.1, 0.15) is 39.7 Å². The molecule has 96 valence electrons. The van der Waals surface area contributed by atoms with Gasteiger partial charge in [-0.3, -0.25) is 0 Å². The molecular formula is C15H24ClN. The van der Waals surface area contributed by atoms with Crippen LogP contribution >= 0.6 is 11.6 Å². The lowest BCUT2D eigenvalue weighted by atomic mass is 10.2. The number of rotatable bonds is 2. The molecule has 2 heteroatoms. The van der Waals surface area contributed by atoms with Gasteiger partial charge in [-0.2, -0.15) is 0 Å². The maximum atomic E-state index is 5.77. The Bertz CT molecular complexity index is 329. The third kappa shape index (κ3) is 12.7. The van der Waals surface area contributed by atoms with Gasteiger partial charge in [0.2, 0.25) is 0 Å². The molecule has 0 aromatic heterocycles. The van der Waals surface area contributed by atoms with Crippen molar-refractivity contribution >= 4 is 17.7 Å². The molecule has 1 nitrogen and oxygen atoms in total. The van der Waals surface area contributed by atoms with Gasteiger partial charge in [0.15, 0.2) is 0 Å². The van der Waals surface area contributed by atoms with E-state index in [2.05, 4.69) is 20.4 Å². The average molecular weight is 254 g/mol. The second-order valence-electron chi connectivity index (χ2n) is 3.17. The normalized spacial score (nSPS) is 8.76. The molecule has 17 heavy (non-hydrogen) atoms. The zero-order valence-electron chi connectivity index (χ0n) is 11.3. The first-order valence-electron chi connectivity index (χ1n) is 5.98. The van der Waals surface area contributed by atoms with Crippen molar-refractivity contribution in [2.24, 2.45) is 5.73 Å². The maximum Gasteiger partial charge on any atom is 0.0411 e. The topological polar surface area (TPSA) is 26.0 Å². The fourth-order valence-corrected chi connectivity index (χ4v) is 1.01. The molecule has 0 spiro atoms. The van der Waals surface area contributed by atoms with Gasteiger partial charge < -0.3 is 5.73 Å². The number of hydrogen-bond donors (Lipinski definition) is 1. The molecule has 1 aromatic carbocycles. The molecule has 0 heterocycles. The molecule has 1 rings (SSSR count). The number of allylic oxidation sites excluding steroid dienone is 1. The van der Waals surface area contributed by atoms with Crippen LogP contribution in [0.2, 0.25) is 5.02 Å². The Morgan fingerprint density at radius 2 is 1.88 bits per heavy atom. The summed E-state index contributed by atoms with van der Waals surface area (Å²) in [5, 5.41) is 0.722. The van der Waals surface area contributed by atoms with Crippen molar-refractivity contribution in [2.45, 2.75) is 34.1 Å². The monoisotopic (exact) mass is 253 g/mol. The third-order valence-corrected chi connectivity index (χ3v) is 1.57. The van der Waals surface area contributed by atoms with Crippen molar-refractivity contribution in [3.05, 3.63) is 53.2 Å². The number of nitrogens with two attached hydrogens (primary N) is 1. The summed E-state index contributed by atoms with van der Waals surface area (Å²) in [7, 11) is 0. The molecule has 0 aliphatic heterocycles. The zero-order chi connectivity index (χ0) is 13.7. The highest BCUT2D eigenvalue weighted by Gasteiger charge is 1.87. The second-order valence-corrected chi connectivity index (χ2v) is 3.61. The van der Waals surface area contributed by atoms with Crippen molar-refractivity contribution in [3.63, 3.8) is 0 Å². The fourth-order valence-electron chi connectivity index (χ4n) is 0.814. The van der Waals surface area contributed by atoms with E-state index in [9.17, 15) is 0 Å². The predicted molar refractivity (Wildman–Crippen MR) is 81.1 cm³/mol. The molecule has 0 atom stereocenters. The standard InChI is InChI=1S/C10H10ClN.C3H8.C2H6/c1-8(12)5-6-9-3-2-4-10(11)7-9;1-3-2;1-2/h2-7H,1,12H2;3H2,1-2H3;1-2H3/b6-5+;;. The molecular weight excluding hydrogens is 230 g/mol. The van der Waals surface area contributed by atoms with Gasteiger partial charge in [0.25, 0.3) is 0 Å². The van der Waals surface area contributed by atoms with E-state index in [4.69, 9.17) is 17.3 Å². The van der Waals surface area contributed by atoms with Crippen LogP contribution in [0, 0.1) is 0 Å². The maximum absolute atomic E-state index is 5.77. The van der Waals surface area contributed by atoms with Gasteiger partial charge in [0.1, 0.15) is 0 Å². The molecule has 0 fully saturated rings. The lowest BCUT2D eigenvalue weighted by Crippen LogP contribution is -1.87. The van der Waals surface area contributed by atoms with Crippen LogP contribution in [-0.4, -0.2) is 0 Å².